The molecule has 0 unspecified atom stereocenters. The normalized spacial score (nSPS) is 10.3. The number of carbonyl (C=O) groups is 1. The summed E-state index contributed by atoms with van der Waals surface area (Å²) in [7, 11) is 0. The van der Waals surface area contributed by atoms with Gasteiger partial charge in [0.1, 0.15) is 0 Å². The minimum absolute atomic E-state index is 0.308. The Morgan fingerprint density at radius 3 is 2.75 bits per heavy atom. The van der Waals surface area contributed by atoms with Crippen molar-refractivity contribution in [2.24, 2.45) is 5.73 Å². The number of nitrogens with two attached hydrogens (primary N) is 2. The maximum atomic E-state index is 11.1. The van der Waals surface area contributed by atoms with E-state index in [0.29, 0.717) is 11.3 Å². The minimum Gasteiger partial charge on any atom is -0.398 e. The van der Waals surface area contributed by atoms with E-state index < -0.39 is 5.91 Å². The fraction of sp³-hybridized carbons (Fsp3) is 0. The van der Waals surface area contributed by atoms with Gasteiger partial charge in [-0.2, -0.15) is 5.10 Å². The largest absolute Gasteiger partial charge is 0.398 e. The first-order chi connectivity index (χ1) is 7.58. The van der Waals surface area contributed by atoms with Crippen LogP contribution in [0.5, 0.6) is 0 Å². The predicted octanol–water partition coefficient (Wildman–Crippen LogP) is 1.16. The summed E-state index contributed by atoms with van der Waals surface area (Å²) < 4.78 is 2.67. The smallest absolute Gasteiger partial charge is 0.250 e. The zero-order chi connectivity index (χ0) is 11.7. The molecule has 5 nitrogen and oxygen atoms in total. The van der Waals surface area contributed by atoms with E-state index in [1.807, 2.05) is 6.20 Å². The number of benzene rings is 1. The van der Waals surface area contributed by atoms with Crippen LogP contribution in [0.1, 0.15) is 10.4 Å². The van der Waals surface area contributed by atoms with Crippen LogP contribution in [0.25, 0.3) is 5.69 Å². The van der Waals surface area contributed by atoms with E-state index in [4.69, 9.17) is 11.5 Å². The first-order valence-electron chi connectivity index (χ1n) is 4.48. The second-order valence-electron chi connectivity index (χ2n) is 3.24. The van der Waals surface area contributed by atoms with Crippen molar-refractivity contribution in [2.75, 3.05) is 5.73 Å². The minimum atomic E-state index is -0.541. The van der Waals surface area contributed by atoms with Crippen LogP contribution in [0, 0.1) is 3.57 Å². The lowest BCUT2D eigenvalue weighted by molar-refractivity contribution is 0.100. The summed E-state index contributed by atoms with van der Waals surface area (Å²) in [5.74, 6) is -0.541. The molecule has 0 fully saturated rings. The molecular weight excluding hydrogens is 319 g/mol. The van der Waals surface area contributed by atoms with Gasteiger partial charge in [0.05, 0.1) is 21.0 Å². The van der Waals surface area contributed by atoms with E-state index in [9.17, 15) is 4.79 Å². The molecule has 82 valence electrons. The molecule has 0 saturated heterocycles. The first kappa shape index (κ1) is 10.9. The van der Waals surface area contributed by atoms with Gasteiger partial charge in [0.15, 0.2) is 0 Å². The molecule has 0 aliphatic rings. The summed E-state index contributed by atoms with van der Waals surface area (Å²) in [6, 6.07) is 5.05. The van der Waals surface area contributed by atoms with Crippen LogP contribution in [-0.4, -0.2) is 15.7 Å². The van der Waals surface area contributed by atoms with Gasteiger partial charge < -0.3 is 11.5 Å². The third-order valence-corrected chi connectivity index (χ3v) is 2.68. The van der Waals surface area contributed by atoms with Crippen LogP contribution >= 0.6 is 22.6 Å². The van der Waals surface area contributed by atoms with Crippen LogP contribution in [0.3, 0.4) is 0 Å². The Labute approximate surface area is 106 Å². The van der Waals surface area contributed by atoms with Crippen molar-refractivity contribution < 1.29 is 4.79 Å². The molecule has 2 aromatic rings. The fourth-order valence-corrected chi connectivity index (χ4v) is 1.73. The van der Waals surface area contributed by atoms with Gasteiger partial charge in [-0.25, -0.2) is 4.68 Å². The summed E-state index contributed by atoms with van der Waals surface area (Å²) in [5, 5.41) is 4.13. The molecule has 2 rings (SSSR count). The van der Waals surface area contributed by atoms with Gasteiger partial charge in [-0.15, -0.1) is 0 Å². The topological polar surface area (TPSA) is 86.9 Å². The van der Waals surface area contributed by atoms with Crippen LogP contribution in [0.15, 0.2) is 30.6 Å². The first-order valence-corrected chi connectivity index (χ1v) is 5.55. The van der Waals surface area contributed by atoms with Crippen LogP contribution in [0.4, 0.5) is 5.69 Å². The zero-order valence-corrected chi connectivity index (χ0v) is 10.4. The molecule has 0 spiro atoms. The third-order valence-electron chi connectivity index (χ3n) is 2.12. The van der Waals surface area contributed by atoms with Gasteiger partial charge in [-0.05, 0) is 40.8 Å². The Morgan fingerprint density at radius 2 is 2.19 bits per heavy atom. The summed E-state index contributed by atoms with van der Waals surface area (Å²) in [6.07, 6.45) is 3.57. The van der Waals surface area contributed by atoms with Gasteiger partial charge in [0, 0.05) is 11.9 Å². The predicted molar refractivity (Wildman–Crippen MR) is 69.2 cm³/mol. The molecule has 1 aromatic carbocycles. The number of nitrogens with zero attached hydrogens (tertiary/aromatic N) is 2. The quantitative estimate of drug-likeness (QED) is 0.641. The number of carbonyl (C=O) groups excluding carboxylic acids is 1. The summed E-state index contributed by atoms with van der Waals surface area (Å²) in [4.78, 5) is 11.1. The highest BCUT2D eigenvalue weighted by Gasteiger charge is 2.08. The number of hydrogen-bond acceptors (Lipinski definition) is 3. The Morgan fingerprint density at radius 1 is 1.44 bits per heavy atom. The van der Waals surface area contributed by atoms with Crippen molar-refractivity contribution in [1.29, 1.82) is 0 Å². The standard InChI is InChI=1S/C10H9IN4O/c11-6-4-14-15(5-6)7-1-2-9(12)8(3-7)10(13)16/h1-5H,12H2,(H2,13,16). The van der Waals surface area contributed by atoms with Gasteiger partial charge in [-0.1, -0.05) is 0 Å². The highest BCUT2D eigenvalue weighted by Crippen LogP contribution is 2.17. The van der Waals surface area contributed by atoms with Crippen molar-refractivity contribution in [1.82, 2.24) is 9.78 Å². The molecular formula is C10H9IN4O. The highest BCUT2D eigenvalue weighted by molar-refractivity contribution is 14.1. The molecule has 1 amide bonds. The SMILES string of the molecule is NC(=O)c1cc(-n2cc(I)cn2)ccc1N. The summed E-state index contributed by atoms with van der Waals surface area (Å²) >= 11 is 2.16. The lowest BCUT2D eigenvalue weighted by Gasteiger charge is -2.05. The van der Waals surface area contributed by atoms with Gasteiger partial charge in [0.2, 0.25) is 0 Å². The molecule has 0 saturated carbocycles. The lowest BCUT2D eigenvalue weighted by Crippen LogP contribution is -2.14. The fourth-order valence-electron chi connectivity index (χ4n) is 1.34. The van der Waals surface area contributed by atoms with Gasteiger partial charge in [-0.3, -0.25) is 4.79 Å². The monoisotopic (exact) mass is 328 g/mol. The Bertz CT molecular complexity index is 550. The highest BCUT2D eigenvalue weighted by atomic mass is 127. The number of amides is 1. The van der Waals surface area contributed by atoms with E-state index >= 15 is 0 Å². The van der Waals surface area contributed by atoms with E-state index in [-0.39, 0.29) is 0 Å². The molecule has 6 heteroatoms. The van der Waals surface area contributed by atoms with Crippen molar-refractivity contribution in [3.05, 3.63) is 39.7 Å². The molecule has 0 aliphatic heterocycles. The number of aromatic nitrogens is 2. The second kappa shape index (κ2) is 4.12. The third kappa shape index (κ3) is 2.01. The number of primary amides is 1. The van der Waals surface area contributed by atoms with Gasteiger partial charge in [0.25, 0.3) is 5.91 Å². The van der Waals surface area contributed by atoms with Gasteiger partial charge >= 0.3 is 0 Å². The van der Waals surface area contributed by atoms with E-state index in [2.05, 4.69) is 27.7 Å². The maximum absolute atomic E-state index is 11.1. The average molecular weight is 328 g/mol. The molecule has 4 N–H and O–H groups in total. The number of anilines is 1. The molecule has 16 heavy (non-hydrogen) atoms. The van der Waals surface area contributed by atoms with Crippen molar-refractivity contribution in [3.63, 3.8) is 0 Å². The van der Waals surface area contributed by atoms with Crippen LogP contribution < -0.4 is 11.5 Å². The Kier molecular flexibility index (Phi) is 2.82. The number of rotatable bonds is 2. The van der Waals surface area contributed by atoms with E-state index in [1.54, 1.807) is 29.1 Å². The zero-order valence-electron chi connectivity index (χ0n) is 8.22. The van der Waals surface area contributed by atoms with Crippen LogP contribution in [0.2, 0.25) is 0 Å². The van der Waals surface area contributed by atoms with E-state index in [1.165, 1.54) is 0 Å². The number of nitrogen functional groups attached to an aromatic ring is 1. The second-order valence-corrected chi connectivity index (χ2v) is 4.48. The summed E-state index contributed by atoms with van der Waals surface area (Å²) in [6.45, 7) is 0. The van der Waals surface area contributed by atoms with Crippen molar-refractivity contribution in [3.8, 4) is 5.69 Å². The van der Waals surface area contributed by atoms with Crippen LogP contribution in [-0.2, 0) is 0 Å². The summed E-state index contributed by atoms with van der Waals surface area (Å²) in [5.41, 5.74) is 12.3. The number of halogens is 1. The maximum Gasteiger partial charge on any atom is 0.250 e. The number of hydrogen-bond donors (Lipinski definition) is 2. The lowest BCUT2D eigenvalue weighted by atomic mass is 10.1. The molecule has 1 aromatic heterocycles. The molecule has 1 heterocycles. The average Bonchev–Trinajstić information content (AvgIpc) is 2.65. The Balaban J connectivity index is 2.51. The van der Waals surface area contributed by atoms with Crippen molar-refractivity contribution >= 4 is 34.2 Å². The Hall–Kier alpha value is -1.57. The van der Waals surface area contributed by atoms with Crippen molar-refractivity contribution in [2.45, 2.75) is 0 Å². The molecule has 0 bridgehead atoms. The van der Waals surface area contributed by atoms with E-state index in [0.717, 1.165) is 9.26 Å². The molecule has 0 radical (unpaired) electrons. The molecule has 0 atom stereocenters. The molecule has 0 aliphatic carbocycles.